The summed E-state index contributed by atoms with van der Waals surface area (Å²) in [5.74, 6) is 1.93. The van der Waals surface area contributed by atoms with Crippen molar-refractivity contribution in [2.75, 3.05) is 0 Å². The van der Waals surface area contributed by atoms with Crippen LogP contribution in [0.25, 0.3) is 108 Å². The summed E-state index contributed by atoms with van der Waals surface area (Å²) in [5, 5.41) is 21.6. The molecular formula is C58H50. The Balaban J connectivity index is 1.28. The zero-order valence-electron chi connectivity index (χ0n) is 35.0. The minimum absolute atomic E-state index is 0.461. The summed E-state index contributed by atoms with van der Waals surface area (Å²) in [6.07, 6.45) is 0. The lowest BCUT2D eigenvalue weighted by Gasteiger charge is -2.14. The van der Waals surface area contributed by atoms with E-state index in [4.69, 9.17) is 0 Å². The van der Waals surface area contributed by atoms with Gasteiger partial charge in [-0.25, -0.2) is 0 Å². The third kappa shape index (κ3) is 5.13. The molecule has 0 spiro atoms. The Morgan fingerprint density at radius 2 is 0.466 bits per heavy atom. The van der Waals surface area contributed by atoms with E-state index in [2.05, 4.69) is 189 Å². The molecule has 0 saturated heterocycles. The first-order chi connectivity index (χ1) is 28.0. The highest BCUT2D eigenvalue weighted by Gasteiger charge is 2.22. The molecule has 0 heterocycles. The molecule has 0 amide bonds. The van der Waals surface area contributed by atoms with Crippen LogP contribution in [0.3, 0.4) is 0 Å². The molecule has 11 aromatic rings. The Bertz CT molecular complexity index is 3180. The fourth-order valence-electron chi connectivity index (χ4n) is 10.2. The number of fused-ring (bicyclic) bond motifs is 11. The van der Waals surface area contributed by atoms with Crippen molar-refractivity contribution in [2.24, 2.45) is 0 Å². The highest BCUT2D eigenvalue weighted by Crippen LogP contribution is 2.49. The van der Waals surface area contributed by atoms with Crippen molar-refractivity contribution in [2.45, 2.75) is 79.1 Å². The van der Waals surface area contributed by atoms with Gasteiger partial charge in [0.25, 0.3) is 0 Å². The van der Waals surface area contributed by atoms with Gasteiger partial charge in [-0.1, -0.05) is 152 Å². The minimum atomic E-state index is 0.461. The van der Waals surface area contributed by atoms with Crippen molar-refractivity contribution in [3.05, 3.63) is 156 Å². The number of rotatable bonds is 6. The summed E-state index contributed by atoms with van der Waals surface area (Å²) in [6.45, 7) is 18.3. The Labute approximate surface area is 341 Å². The van der Waals surface area contributed by atoms with Crippen LogP contribution in [0, 0.1) is 0 Å². The Morgan fingerprint density at radius 3 is 0.793 bits per heavy atom. The molecule has 0 bridgehead atoms. The predicted octanol–water partition coefficient (Wildman–Crippen LogP) is 17.6. The van der Waals surface area contributed by atoms with Crippen LogP contribution in [-0.2, 0) is 0 Å². The fourth-order valence-corrected chi connectivity index (χ4v) is 10.2. The van der Waals surface area contributed by atoms with Crippen LogP contribution in [0.2, 0.25) is 0 Å². The second-order valence-electron chi connectivity index (χ2n) is 18.5. The molecule has 0 atom stereocenters. The molecule has 0 aliphatic heterocycles. The molecule has 58 heavy (non-hydrogen) atoms. The van der Waals surface area contributed by atoms with E-state index in [1.807, 2.05) is 0 Å². The lowest BCUT2D eigenvalue weighted by molar-refractivity contribution is 0.867. The molecule has 0 heteroatoms. The van der Waals surface area contributed by atoms with E-state index in [1.165, 1.54) is 131 Å². The minimum Gasteiger partial charge on any atom is -0.0587 e. The van der Waals surface area contributed by atoms with E-state index < -0.39 is 0 Å². The van der Waals surface area contributed by atoms with Crippen molar-refractivity contribution < 1.29 is 0 Å². The standard InChI is InChI=1S/C58H50/c1-31(2)35-9-13-37(14-10-35)41-25-51-45-21-22-46-50(49(45)29-55-43-19-17-39(33(5)6)23-47(43)53(27-41)57(51)55)30-56-44-20-18-40(34(7)8)24-48(44)54-28-42(26-52(46)58(54)56)38-15-11-36(12-16-38)32(3)4/h9-34H,1-8H3. The van der Waals surface area contributed by atoms with Crippen LogP contribution in [0.5, 0.6) is 0 Å². The first kappa shape index (κ1) is 35.2. The number of hydrogen-bond donors (Lipinski definition) is 0. The van der Waals surface area contributed by atoms with E-state index in [0.717, 1.165) is 0 Å². The van der Waals surface area contributed by atoms with Gasteiger partial charge < -0.3 is 0 Å². The molecule has 0 fully saturated rings. The van der Waals surface area contributed by atoms with Crippen molar-refractivity contribution in [3.8, 4) is 22.3 Å². The van der Waals surface area contributed by atoms with Crippen LogP contribution in [0.1, 0.15) is 101 Å². The zero-order valence-corrected chi connectivity index (χ0v) is 35.0. The number of hydrogen-bond acceptors (Lipinski definition) is 0. The first-order valence-electron chi connectivity index (χ1n) is 21.5. The van der Waals surface area contributed by atoms with Crippen LogP contribution in [0.4, 0.5) is 0 Å². The molecule has 11 aromatic carbocycles. The van der Waals surface area contributed by atoms with Gasteiger partial charge in [-0.2, -0.15) is 0 Å². The zero-order chi connectivity index (χ0) is 39.7. The highest BCUT2D eigenvalue weighted by molar-refractivity contribution is 6.40. The predicted molar refractivity (Wildman–Crippen MR) is 256 cm³/mol. The smallest absolute Gasteiger partial charge is 0.00195 e. The quantitative estimate of drug-likeness (QED) is 0.149. The maximum atomic E-state index is 2.53. The monoisotopic (exact) mass is 746 g/mol. The van der Waals surface area contributed by atoms with Gasteiger partial charge in [0, 0.05) is 0 Å². The van der Waals surface area contributed by atoms with Crippen LogP contribution >= 0.6 is 0 Å². The van der Waals surface area contributed by atoms with E-state index in [0.29, 0.717) is 23.7 Å². The topological polar surface area (TPSA) is 0 Å². The van der Waals surface area contributed by atoms with Gasteiger partial charge in [0.15, 0.2) is 0 Å². The lowest BCUT2D eigenvalue weighted by Crippen LogP contribution is -1.88. The van der Waals surface area contributed by atoms with E-state index >= 15 is 0 Å². The summed E-state index contributed by atoms with van der Waals surface area (Å²) < 4.78 is 0. The third-order valence-electron chi connectivity index (χ3n) is 13.7. The third-order valence-corrected chi connectivity index (χ3v) is 13.7. The lowest BCUT2D eigenvalue weighted by atomic mass is 9.89. The van der Waals surface area contributed by atoms with E-state index in [1.54, 1.807) is 0 Å². The summed E-state index contributed by atoms with van der Waals surface area (Å²) in [7, 11) is 0. The van der Waals surface area contributed by atoms with Gasteiger partial charge in [0.2, 0.25) is 0 Å². The van der Waals surface area contributed by atoms with E-state index in [-0.39, 0.29) is 0 Å². The normalized spacial score (nSPS) is 12.8. The molecule has 0 nitrogen and oxygen atoms in total. The van der Waals surface area contributed by atoms with E-state index in [9.17, 15) is 0 Å². The molecule has 0 aromatic heterocycles. The number of benzene rings is 9. The van der Waals surface area contributed by atoms with Gasteiger partial charge in [0.1, 0.15) is 0 Å². The van der Waals surface area contributed by atoms with Gasteiger partial charge in [-0.05, 0) is 191 Å². The van der Waals surface area contributed by atoms with Crippen molar-refractivity contribution in [1.82, 2.24) is 0 Å². The first-order valence-corrected chi connectivity index (χ1v) is 21.5. The molecule has 0 saturated carbocycles. The maximum absolute atomic E-state index is 2.53. The van der Waals surface area contributed by atoms with Crippen LogP contribution in [-0.4, -0.2) is 0 Å². The average Bonchev–Trinajstić information content (AvgIpc) is 3.72. The second kappa shape index (κ2) is 12.8. The molecule has 0 aliphatic rings. The summed E-state index contributed by atoms with van der Waals surface area (Å²) >= 11 is 0. The molecule has 0 unspecified atom stereocenters. The van der Waals surface area contributed by atoms with Gasteiger partial charge in [-0.3, -0.25) is 0 Å². The Kier molecular flexibility index (Phi) is 7.74. The summed E-state index contributed by atoms with van der Waals surface area (Å²) in [5.41, 5.74) is 10.6. The van der Waals surface area contributed by atoms with Gasteiger partial charge in [0.05, 0.1) is 0 Å². The molecule has 0 N–H and O–H groups in total. The molecule has 11 rings (SSSR count). The second-order valence-corrected chi connectivity index (χ2v) is 18.5. The largest absolute Gasteiger partial charge is 0.0587 e. The summed E-state index contributed by atoms with van der Waals surface area (Å²) in [6, 6.07) is 52.8. The van der Waals surface area contributed by atoms with Crippen molar-refractivity contribution in [3.63, 3.8) is 0 Å². The van der Waals surface area contributed by atoms with Crippen molar-refractivity contribution >= 4 is 86.2 Å². The van der Waals surface area contributed by atoms with Crippen LogP contribution in [0.15, 0.2) is 133 Å². The Hall–Kier alpha value is -5.98. The Morgan fingerprint density at radius 1 is 0.207 bits per heavy atom. The fraction of sp³-hybridized carbons (Fsp3) is 0.207. The van der Waals surface area contributed by atoms with Gasteiger partial charge in [-0.15, -0.1) is 0 Å². The molecule has 0 aliphatic carbocycles. The maximum Gasteiger partial charge on any atom is -0.00195 e. The SMILES string of the molecule is CC(C)c1ccc(-c2cc3c4ccc5c(cc6c7ccc(C(C)C)cc7c7cc(-c8ccc(C(C)C)cc8)cc5c76)c4cc4c5ccc(C(C)C)cc5c(c2)c34)cc1. The molecular weight excluding hydrogens is 697 g/mol. The van der Waals surface area contributed by atoms with Gasteiger partial charge >= 0.3 is 0 Å². The average molecular weight is 747 g/mol. The molecule has 0 radical (unpaired) electrons. The van der Waals surface area contributed by atoms with Crippen LogP contribution < -0.4 is 0 Å². The summed E-state index contributed by atoms with van der Waals surface area (Å²) in [4.78, 5) is 0. The molecule has 282 valence electrons. The highest BCUT2D eigenvalue weighted by atomic mass is 14.2. The van der Waals surface area contributed by atoms with Crippen molar-refractivity contribution in [1.29, 1.82) is 0 Å².